The van der Waals surface area contributed by atoms with E-state index in [2.05, 4.69) is 65.2 Å². The summed E-state index contributed by atoms with van der Waals surface area (Å²) >= 11 is 0. The van der Waals surface area contributed by atoms with Gasteiger partial charge in [0.05, 0.1) is 0 Å². The van der Waals surface area contributed by atoms with E-state index in [1.54, 1.807) is 0 Å². The molecule has 0 heterocycles. The van der Waals surface area contributed by atoms with Gasteiger partial charge in [-0.3, -0.25) is 9.80 Å². The molecule has 3 heteroatoms. The topological polar surface area (TPSA) is 6.48 Å². The van der Waals surface area contributed by atoms with Gasteiger partial charge in [0.1, 0.15) is 0 Å². The van der Waals surface area contributed by atoms with Crippen molar-refractivity contribution in [2.24, 2.45) is 0 Å². The fraction of sp³-hybridized carbons (Fsp3) is 1.00. The molecule has 19 heavy (non-hydrogen) atoms. The Morgan fingerprint density at radius 3 is 1.05 bits per heavy atom. The zero-order valence-corrected chi connectivity index (χ0v) is 16.2. The highest BCUT2D eigenvalue weighted by Crippen LogP contribution is 2.08. The highest BCUT2D eigenvalue weighted by molar-refractivity contribution is 6.35. The van der Waals surface area contributed by atoms with Crippen molar-refractivity contribution in [2.45, 2.75) is 91.6 Å². The van der Waals surface area contributed by atoms with Crippen molar-refractivity contribution in [1.29, 1.82) is 0 Å². The quantitative estimate of drug-likeness (QED) is 0.449. The van der Waals surface area contributed by atoms with Crippen LogP contribution in [0.1, 0.15) is 55.4 Å². The fourth-order valence-electron chi connectivity index (χ4n) is 2.99. The van der Waals surface area contributed by atoms with Gasteiger partial charge in [-0.2, -0.15) is 0 Å². The Morgan fingerprint density at radius 1 is 0.579 bits per heavy atom. The Hall–Kier alpha value is 0.137. The lowest BCUT2D eigenvalue weighted by Gasteiger charge is -2.31. The standard InChI is InChI=1S/C16H38N2Si/c1-13(2)17(14(3)4)9-11-19-12-10-18(15(5)6)16(7)8/h13-16H,9-12,19H2,1-8H3. The maximum absolute atomic E-state index is 2.63. The van der Waals surface area contributed by atoms with E-state index in [-0.39, 0.29) is 9.52 Å². The largest absolute Gasteiger partial charge is 0.299 e. The average Bonchev–Trinajstić information content (AvgIpc) is 2.25. The van der Waals surface area contributed by atoms with Crippen molar-refractivity contribution in [3.63, 3.8) is 0 Å². The molecular formula is C16H38N2Si. The van der Waals surface area contributed by atoms with E-state index in [0.717, 1.165) is 0 Å². The first-order chi connectivity index (χ1) is 8.77. The summed E-state index contributed by atoms with van der Waals surface area (Å²) in [5, 5.41) is 0. The molecule has 2 nitrogen and oxygen atoms in total. The van der Waals surface area contributed by atoms with Gasteiger partial charge in [-0.25, -0.2) is 0 Å². The van der Waals surface area contributed by atoms with Crippen LogP contribution in [0.25, 0.3) is 0 Å². The van der Waals surface area contributed by atoms with Crippen molar-refractivity contribution < 1.29 is 0 Å². The first kappa shape index (κ1) is 19.1. The van der Waals surface area contributed by atoms with Gasteiger partial charge in [-0.1, -0.05) is 12.1 Å². The highest BCUT2D eigenvalue weighted by Gasteiger charge is 2.14. The van der Waals surface area contributed by atoms with E-state index >= 15 is 0 Å². The molecule has 0 saturated heterocycles. The Bertz CT molecular complexity index is 177. The van der Waals surface area contributed by atoms with E-state index in [0.29, 0.717) is 24.2 Å². The molecule has 0 rings (SSSR count). The van der Waals surface area contributed by atoms with Gasteiger partial charge < -0.3 is 0 Å². The second kappa shape index (κ2) is 9.95. The molecular weight excluding hydrogens is 248 g/mol. The summed E-state index contributed by atoms with van der Waals surface area (Å²) in [6, 6.07) is 5.71. The van der Waals surface area contributed by atoms with Crippen molar-refractivity contribution in [1.82, 2.24) is 9.80 Å². The number of nitrogens with zero attached hydrogens (tertiary/aromatic N) is 2. The van der Waals surface area contributed by atoms with Crippen LogP contribution in [0.5, 0.6) is 0 Å². The van der Waals surface area contributed by atoms with Gasteiger partial charge in [0, 0.05) is 33.7 Å². The molecule has 0 amide bonds. The number of hydrogen-bond acceptors (Lipinski definition) is 2. The van der Waals surface area contributed by atoms with E-state index < -0.39 is 0 Å². The minimum Gasteiger partial charge on any atom is -0.299 e. The molecule has 0 atom stereocenters. The van der Waals surface area contributed by atoms with Crippen molar-refractivity contribution in [3.05, 3.63) is 0 Å². The van der Waals surface area contributed by atoms with Gasteiger partial charge in [0.2, 0.25) is 0 Å². The van der Waals surface area contributed by atoms with Gasteiger partial charge >= 0.3 is 0 Å². The van der Waals surface area contributed by atoms with Gasteiger partial charge in [-0.05, 0) is 68.5 Å². The van der Waals surface area contributed by atoms with Crippen LogP contribution in [0.3, 0.4) is 0 Å². The summed E-state index contributed by atoms with van der Waals surface area (Å²) in [4.78, 5) is 5.27. The first-order valence-corrected chi connectivity index (χ1v) is 10.3. The molecule has 0 aliphatic carbocycles. The van der Waals surface area contributed by atoms with Crippen LogP contribution in [0.2, 0.25) is 12.1 Å². The molecule has 0 N–H and O–H groups in total. The van der Waals surface area contributed by atoms with Crippen molar-refractivity contribution in [2.75, 3.05) is 13.1 Å². The van der Waals surface area contributed by atoms with Crippen LogP contribution in [0.4, 0.5) is 0 Å². The highest BCUT2D eigenvalue weighted by atomic mass is 28.2. The van der Waals surface area contributed by atoms with Gasteiger partial charge in [0.25, 0.3) is 0 Å². The second-order valence-electron chi connectivity index (χ2n) is 6.91. The summed E-state index contributed by atoms with van der Waals surface area (Å²) in [5.41, 5.74) is 0. The predicted molar refractivity (Wildman–Crippen MR) is 92.1 cm³/mol. The molecule has 0 spiro atoms. The Labute approximate surface area is 124 Å². The minimum absolute atomic E-state index is 0.114. The third kappa shape index (κ3) is 8.11. The van der Waals surface area contributed by atoms with Gasteiger partial charge in [-0.15, -0.1) is 0 Å². The second-order valence-corrected chi connectivity index (χ2v) is 9.03. The molecule has 0 saturated carbocycles. The van der Waals surface area contributed by atoms with E-state index in [9.17, 15) is 0 Å². The summed E-state index contributed by atoms with van der Waals surface area (Å²) < 4.78 is 0. The molecule has 0 bridgehead atoms. The smallest absolute Gasteiger partial charge is 0.0227 e. The van der Waals surface area contributed by atoms with Gasteiger partial charge in [0.15, 0.2) is 0 Å². The van der Waals surface area contributed by atoms with Crippen LogP contribution in [-0.2, 0) is 0 Å². The van der Waals surface area contributed by atoms with Crippen LogP contribution < -0.4 is 0 Å². The minimum atomic E-state index is 0.114. The summed E-state index contributed by atoms with van der Waals surface area (Å²) in [5.74, 6) is 0. The maximum Gasteiger partial charge on any atom is 0.0227 e. The number of rotatable bonds is 10. The molecule has 0 radical (unpaired) electrons. The molecule has 0 aromatic carbocycles. The van der Waals surface area contributed by atoms with Crippen molar-refractivity contribution in [3.8, 4) is 0 Å². The predicted octanol–water partition coefficient (Wildman–Crippen LogP) is 3.23. The lowest BCUT2D eigenvalue weighted by atomic mass is 10.2. The fourth-order valence-corrected chi connectivity index (χ4v) is 4.52. The molecule has 0 unspecified atom stereocenters. The molecule has 116 valence electrons. The monoisotopic (exact) mass is 286 g/mol. The average molecular weight is 287 g/mol. The summed E-state index contributed by atoms with van der Waals surface area (Å²) in [6.07, 6.45) is 0. The van der Waals surface area contributed by atoms with E-state index in [4.69, 9.17) is 0 Å². The lowest BCUT2D eigenvalue weighted by Crippen LogP contribution is -2.39. The lowest BCUT2D eigenvalue weighted by molar-refractivity contribution is 0.182. The van der Waals surface area contributed by atoms with Crippen LogP contribution in [0, 0.1) is 0 Å². The number of hydrogen-bond donors (Lipinski definition) is 0. The molecule has 0 aromatic heterocycles. The van der Waals surface area contributed by atoms with Crippen molar-refractivity contribution >= 4 is 9.52 Å². The van der Waals surface area contributed by atoms with E-state index in [1.165, 1.54) is 25.2 Å². The zero-order valence-electron chi connectivity index (χ0n) is 14.7. The van der Waals surface area contributed by atoms with Crippen LogP contribution >= 0.6 is 0 Å². The molecule has 0 fully saturated rings. The van der Waals surface area contributed by atoms with E-state index in [1.807, 2.05) is 0 Å². The Balaban J connectivity index is 3.85. The maximum atomic E-state index is 2.63. The summed E-state index contributed by atoms with van der Waals surface area (Å²) in [6.45, 7) is 21.2. The third-order valence-corrected chi connectivity index (χ3v) is 5.62. The molecule has 0 aliphatic heterocycles. The Kier molecular flexibility index (Phi) is 10.0. The Morgan fingerprint density at radius 2 is 0.842 bits per heavy atom. The third-order valence-electron chi connectivity index (χ3n) is 3.99. The van der Waals surface area contributed by atoms with Crippen LogP contribution in [-0.4, -0.2) is 56.6 Å². The summed E-state index contributed by atoms with van der Waals surface area (Å²) in [7, 11) is 0.114. The SMILES string of the molecule is CC(C)N(CC[SiH2]CCN(C(C)C)C(C)C)C(C)C. The normalized spacial score (nSPS) is 12.9. The molecule has 0 aromatic rings. The molecule has 0 aliphatic rings. The zero-order chi connectivity index (χ0) is 15.0. The van der Waals surface area contributed by atoms with Crippen LogP contribution in [0.15, 0.2) is 0 Å². The first-order valence-electron chi connectivity index (χ1n) is 8.28.